The summed E-state index contributed by atoms with van der Waals surface area (Å²) in [7, 11) is -3.28. The molecule has 264 valence electrons. The third kappa shape index (κ3) is 7.88. The summed E-state index contributed by atoms with van der Waals surface area (Å²) >= 11 is 6.87. The Morgan fingerprint density at radius 1 is 0.938 bits per heavy atom. The van der Waals surface area contributed by atoms with E-state index in [-0.39, 0.29) is 42.3 Å². The monoisotopic (exact) mass is 715 g/mol. The fourth-order valence-corrected chi connectivity index (χ4v) is 8.92. The quantitative estimate of drug-likeness (QED) is 0.158. The zero-order valence-electron chi connectivity index (χ0n) is 29.9. The van der Waals surface area contributed by atoms with E-state index in [0.29, 0.717) is 53.6 Å². The molecule has 0 amide bonds. The SMILES string of the molecule is CC(C)(C)[Si](C)(C)OC1COC2C(Oc3nc4cc(Cl)c(-c5ccc(C6CCC(O)CC6)cc5)nc4n3COCC[Si](C)(C)C)COC12. The number of aliphatic hydroxyl groups excluding tert-OH is 1. The molecular weight excluding hydrogens is 662 g/mol. The van der Waals surface area contributed by atoms with E-state index in [9.17, 15) is 5.11 Å². The lowest BCUT2D eigenvalue weighted by molar-refractivity contribution is 0.00687. The lowest BCUT2D eigenvalue weighted by Gasteiger charge is -2.39. The Hall–Kier alpha value is -1.84. The second kappa shape index (κ2) is 14.1. The average molecular weight is 716 g/mol. The maximum atomic E-state index is 9.94. The molecule has 2 aromatic heterocycles. The number of aromatic nitrogens is 3. The number of benzene rings is 1. The van der Waals surface area contributed by atoms with Crippen LogP contribution in [-0.4, -0.2) is 86.4 Å². The van der Waals surface area contributed by atoms with Gasteiger partial charge in [0, 0.05) is 20.2 Å². The molecule has 3 fully saturated rings. The number of fused-ring (bicyclic) bond motifs is 2. The van der Waals surface area contributed by atoms with Gasteiger partial charge in [0.15, 0.2) is 20.1 Å². The summed E-state index contributed by atoms with van der Waals surface area (Å²) in [5.41, 5.74) is 4.23. The molecule has 3 aliphatic rings. The molecule has 2 aliphatic heterocycles. The van der Waals surface area contributed by atoms with Crippen LogP contribution < -0.4 is 4.74 Å². The van der Waals surface area contributed by atoms with Crippen LogP contribution in [0.5, 0.6) is 6.01 Å². The fourth-order valence-electron chi connectivity index (χ4n) is 6.59. The summed E-state index contributed by atoms with van der Waals surface area (Å²) in [6.07, 6.45) is 2.67. The number of halogens is 1. The summed E-state index contributed by atoms with van der Waals surface area (Å²) in [6.45, 7) is 20.1. The molecule has 4 heterocycles. The van der Waals surface area contributed by atoms with Gasteiger partial charge in [0.25, 0.3) is 0 Å². The van der Waals surface area contributed by atoms with Gasteiger partial charge in [-0.05, 0) is 67.4 Å². The van der Waals surface area contributed by atoms with E-state index in [4.69, 9.17) is 44.9 Å². The van der Waals surface area contributed by atoms with Crippen molar-refractivity contribution in [2.24, 2.45) is 0 Å². The van der Waals surface area contributed by atoms with E-state index in [1.165, 1.54) is 5.56 Å². The molecular formula is C36H54ClN3O6Si2. The molecule has 4 unspecified atom stereocenters. The van der Waals surface area contributed by atoms with E-state index in [2.05, 4.69) is 77.8 Å². The summed E-state index contributed by atoms with van der Waals surface area (Å²) in [4.78, 5) is 9.94. The van der Waals surface area contributed by atoms with E-state index in [0.717, 1.165) is 37.3 Å². The molecule has 2 saturated heterocycles. The van der Waals surface area contributed by atoms with Crippen LogP contribution in [0.1, 0.15) is 57.9 Å². The van der Waals surface area contributed by atoms with Gasteiger partial charge in [0.1, 0.15) is 24.5 Å². The topological polar surface area (TPSA) is 97.1 Å². The Kier molecular flexibility index (Phi) is 10.5. The van der Waals surface area contributed by atoms with Gasteiger partial charge in [0.2, 0.25) is 0 Å². The maximum absolute atomic E-state index is 9.94. The zero-order chi connectivity index (χ0) is 34.4. The van der Waals surface area contributed by atoms with Gasteiger partial charge in [0.05, 0.1) is 36.1 Å². The van der Waals surface area contributed by atoms with Gasteiger partial charge in [-0.2, -0.15) is 4.98 Å². The number of hydrogen-bond acceptors (Lipinski definition) is 8. The number of imidazole rings is 1. The Bertz CT molecular complexity index is 1560. The summed E-state index contributed by atoms with van der Waals surface area (Å²) in [6, 6.07) is 11.9. The standard InChI is InChI=1S/C36H54ClN3O6Si2/c1-36(2,3)48(7,8)46-30-21-44-32-29(20-43-33(30)32)45-35-38-28-19-27(37)31(39-34(28)40(35)22-42-17-18-47(4,5)6)25-11-9-23(10-12-25)24-13-15-26(41)16-14-24/h9-12,19,24,26,29-30,32-33,41H,13-18,20-22H2,1-8H3. The van der Waals surface area contributed by atoms with Crippen molar-refractivity contribution in [2.45, 2.75) is 133 Å². The molecule has 1 aromatic carbocycles. The van der Waals surface area contributed by atoms with E-state index in [1.54, 1.807) is 0 Å². The minimum absolute atomic E-state index is 0.0922. The molecule has 0 radical (unpaired) electrons. The molecule has 3 aromatic rings. The van der Waals surface area contributed by atoms with Gasteiger partial charge in [-0.1, -0.05) is 76.3 Å². The Balaban J connectivity index is 1.24. The molecule has 4 atom stereocenters. The predicted octanol–water partition coefficient (Wildman–Crippen LogP) is 8.02. The first-order valence-corrected chi connectivity index (χ1v) is 24.6. The summed E-state index contributed by atoms with van der Waals surface area (Å²) in [5.74, 6) is 0.472. The smallest absolute Gasteiger partial charge is 0.301 e. The van der Waals surface area contributed by atoms with Crippen molar-refractivity contribution in [3.8, 4) is 17.3 Å². The molecule has 9 nitrogen and oxygen atoms in total. The number of ether oxygens (including phenoxy) is 4. The second-order valence-corrected chi connectivity index (χ2v) is 27.4. The largest absolute Gasteiger partial charge is 0.456 e. The highest BCUT2D eigenvalue weighted by Crippen LogP contribution is 2.41. The van der Waals surface area contributed by atoms with E-state index in [1.807, 2.05) is 10.6 Å². The Labute approximate surface area is 292 Å². The van der Waals surface area contributed by atoms with E-state index < -0.39 is 16.4 Å². The molecule has 1 N–H and O–H groups in total. The van der Waals surface area contributed by atoms with Crippen LogP contribution in [0, 0.1) is 0 Å². The molecule has 0 spiro atoms. The summed E-state index contributed by atoms with van der Waals surface area (Å²) < 4.78 is 34.0. The molecule has 12 heteroatoms. The van der Waals surface area contributed by atoms with Crippen molar-refractivity contribution in [3.63, 3.8) is 0 Å². The third-order valence-electron chi connectivity index (χ3n) is 10.7. The Morgan fingerprint density at radius 2 is 1.58 bits per heavy atom. The highest BCUT2D eigenvalue weighted by atomic mass is 35.5. The normalized spacial score (nSPS) is 26.7. The van der Waals surface area contributed by atoms with Crippen LogP contribution in [0.15, 0.2) is 30.3 Å². The van der Waals surface area contributed by atoms with Crippen LogP contribution in [0.2, 0.25) is 48.8 Å². The third-order valence-corrected chi connectivity index (χ3v) is 17.2. The number of nitrogens with zero attached hydrogens (tertiary/aromatic N) is 3. The molecule has 1 aliphatic carbocycles. The average Bonchev–Trinajstić information content (AvgIpc) is 3.69. The molecule has 6 rings (SSSR count). The van der Waals surface area contributed by atoms with Crippen molar-refractivity contribution >= 4 is 39.2 Å². The number of hydrogen-bond donors (Lipinski definition) is 1. The fraction of sp³-hybridized carbons (Fsp3) is 0.667. The lowest BCUT2D eigenvalue weighted by Crippen LogP contribution is -2.47. The van der Waals surface area contributed by atoms with Crippen molar-refractivity contribution < 1.29 is 28.5 Å². The van der Waals surface area contributed by atoms with Gasteiger partial charge in [-0.3, -0.25) is 4.57 Å². The van der Waals surface area contributed by atoms with E-state index >= 15 is 0 Å². The van der Waals surface area contributed by atoms with Crippen LogP contribution in [0.25, 0.3) is 22.4 Å². The van der Waals surface area contributed by atoms with Crippen molar-refractivity contribution in [1.82, 2.24) is 14.5 Å². The van der Waals surface area contributed by atoms with Crippen LogP contribution in [0.3, 0.4) is 0 Å². The maximum Gasteiger partial charge on any atom is 0.301 e. The second-order valence-electron chi connectivity index (χ2n) is 16.6. The van der Waals surface area contributed by atoms with Gasteiger partial charge >= 0.3 is 6.01 Å². The number of aliphatic hydroxyl groups is 1. The first kappa shape index (κ1) is 36.0. The lowest BCUT2D eigenvalue weighted by atomic mass is 9.82. The Morgan fingerprint density at radius 3 is 2.23 bits per heavy atom. The van der Waals surface area contributed by atoms with Crippen molar-refractivity contribution in [2.75, 3.05) is 19.8 Å². The minimum atomic E-state index is -2.00. The van der Waals surface area contributed by atoms with Gasteiger partial charge in [-0.15, -0.1) is 0 Å². The predicted molar refractivity (Wildman–Crippen MR) is 195 cm³/mol. The minimum Gasteiger partial charge on any atom is -0.456 e. The van der Waals surface area contributed by atoms with Crippen LogP contribution in [-0.2, 0) is 25.4 Å². The van der Waals surface area contributed by atoms with Gasteiger partial charge < -0.3 is 28.5 Å². The van der Waals surface area contributed by atoms with Crippen molar-refractivity contribution in [3.05, 3.63) is 40.9 Å². The molecule has 48 heavy (non-hydrogen) atoms. The van der Waals surface area contributed by atoms with Crippen LogP contribution in [0.4, 0.5) is 0 Å². The summed E-state index contributed by atoms with van der Waals surface area (Å²) in [5, 5.41) is 10.6. The molecule has 0 bridgehead atoms. The number of rotatable bonds is 11. The highest BCUT2D eigenvalue weighted by molar-refractivity contribution is 6.76. The zero-order valence-corrected chi connectivity index (χ0v) is 32.7. The van der Waals surface area contributed by atoms with Crippen LogP contribution >= 0.6 is 11.6 Å². The number of pyridine rings is 1. The first-order valence-electron chi connectivity index (χ1n) is 17.6. The highest BCUT2D eigenvalue weighted by Gasteiger charge is 2.52. The first-order chi connectivity index (χ1) is 22.6. The van der Waals surface area contributed by atoms with Crippen molar-refractivity contribution in [1.29, 1.82) is 0 Å². The van der Waals surface area contributed by atoms with Gasteiger partial charge in [-0.25, -0.2) is 4.98 Å². The molecule has 1 saturated carbocycles.